The second-order valence-electron chi connectivity index (χ2n) is 10.0. The lowest BCUT2D eigenvalue weighted by Crippen LogP contribution is -2.35. The molecule has 3 rings (SSSR count). The van der Waals surface area contributed by atoms with E-state index in [2.05, 4.69) is 36.4 Å². The topological polar surface area (TPSA) is 127 Å². The van der Waals surface area contributed by atoms with Crippen molar-refractivity contribution in [3.05, 3.63) is 22.2 Å². The zero-order valence-electron chi connectivity index (χ0n) is 20.0. The normalized spacial score (nSPS) is 27.8. The molecule has 0 saturated heterocycles. The van der Waals surface area contributed by atoms with Gasteiger partial charge in [0, 0.05) is 18.7 Å². The quantitative estimate of drug-likeness (QED) is 0.254. The first-order valence-electron chi connectivity index (χ1n) is 12.2. The van der Waals surface area contributed by atoms with Gasteiger partial charge in [-0.2, -0.15) is 0 Å². The van der Waals surface area contributed by atoms with Gasteiger partial charge in [0.2, 0.25) is 5.82 Å². The van der Waals surface area contributed by atoms with Crippen molar-refractivity contribution in [2.75, 3.05) is 23.8 Å². The van der Waals surface area contributed by atoms with E-state index in [0.717, 1.165) is 19.3 Å². The summed E-state index contributed by atoms with van der Waals surface area (Å²) in [4.78, 5) is 26.6. The molecule has 0 amide bonds. The highest BCUT2D eigenvalue weighted by Crippen LogP contribution is 2.35. The van der Waals surface area contributed by atoms with Crippen LogP contribution in [0.4, 0.5) is 17.3 Å². The fourth-order valence-corrected chi connectivity index (χ4v) is 5.19. The molecule has 2 fully saturated rings. The Morgan fingerprint density at radius 2 is 1.97 bits per heavy atom. The summed E-state index contributed by atoms with van der Waals surface area (Å²) < 4.78 is 6.21. The Morgan fingerprint density at radius 1 is 1.24 bits per heavy atom. The number of anilines is 2. The van der Waals surface area contributed by atoms with E-state index in [1.54, 1.807) is 6.07 Å². The Kier molecular flexibility index (Phi) is 8.88. The summed E-state index contributed by atoms with van der Waals surface area (Å²) in [5.41, 5.74) is -0.0681. The Morgan fingerprint density at radius 3 is 2.61 bits per heavy atom. The van der Waals surface area contributed by atoms with Gasteiger partial charge < -0.3 is 20.5 Å². The molecule has 2 aliphatic rings. The van der Waals surface area contributed by atoms with E-state index in [1.807, 2.05) is 0 Å². The SMILES string of the molecule is CC1CCC(C(C)C)C(OCCNc2nc(NC3CCC(C(=O)O)CC3)ccc2[N+](=O)[O-])C1. The molecule has 1 heterocycles. The lowest BCUT2D eigenvalue weighted by molar-refractivity contribution is -0.384. The number of hydrogen-bond acceptors (Lipinski definition) is 7. The van der Waals surface area contributed by atoms with E-state index < -0.39 is 10.9 Å². The maximum Gasteiger partial charge on any atom is 0.311 e. The molecule has 9 heteroatoms. The molecule has 1 aromatic heterocycles. The molecular formula is C24H38N4O5. The minimum Gasteiger partial charge on any atom is -0.481 e. The monoisotopic (exact) mass is 462 g/mol. The molecule has 184 valence electrons. The Hall–Kier alpha value is -2.42. The van der Waals surface area contributed by atoms with Gasteiger partial charge >= 0.3 is 11.7 Å². The van der Waals surface area contributed by atoms with Crippen LogP contribution in [0, 0.1) is 33.8 Å². The lowest BCUT2D eigenvalue weighted by Gasteiger charge is -2.37. The molecule has 0 radical (unpaired) electrons. The third kappa shape index (κ3) is 7.03. The predicted molar refractivity (Wildman–Crippen MR) is 127 cm³/mol. The molecule has 0 spiro atoms. The number of hydrogen-bond donors (Lipinski definition) is 3. The van der Waals surface area contributed by atoms with Gasteiger partial charge in [0.25, 0.3) is 0 Å². The van der Waals surface area contributed by atoms with Gasteiger partial charge in [0.1, 0.15) is 5.82 Å². The van der Waals surface area contributed by atoms with Crippen LogP contribution in [0.5, 0.6) is 0 Å². The van der Waals surface area contributed by atoms with Crippen LogP contribution >= 0.6 is 0 Å². The van der Waals surface area contributed by atoms with Gasteiger partial charge in [-0.25, -0.2) is 4.98 Å². The van der Waals surface area contributed by atoms with Gasteiger partial charge in [-0.15, -0.1) is 0 Å². The molecule has 0 bridgehead atoms. The summed E-state index contributed by atoms with van der Waals surface area (Å²) in [5, 5.41) is 27.0. The van der Waals surface area contributed by atoms with Gasteiger partial charge in [-0.3, -0.25) is 14.9 Å². The Bertz CT molecular complexity index is 810. The number of nitrogens with zero attached hydrogens (tertiary/aromatic N) is 2. The number of pyridine rings is 1. The molecule has 9 nitrogen and oxygen atoms in total. The predicted octanol–water partition coefficient (Wildman–Crippen LogP) is 4.93. The number of carboxylic acids is 1. The van der Waals surface area contributed by atoms with Crippen molar-refractivity contribution in [1.29, 1.82) is 0 Å². The third-order valence-electron chi connectivity index (χ3n) is 7.19. The first kappa shape index (κ1) is 25.2. The van der Waals surface area contributed by atoms with Crippen molar-refractivity contribution in [1.82, 2.24) is 4.98 Å². The van der Waals surface area contributed by atoms with E-state index in [9.17, 15) is 14.9 Å². The maximum atomic E-state index is 11.5. The van der Waals surface area contributed by atoms with E-state index in [4.69, 9.17) is 9.84 Å². The summed E-state index contributed by atoms with van der Waals surface area (Å²) >= 11 is 0. The zero-order chi connectivity index (χ0) is 24.0. The Balaban J connectivity index is 1.55. The summed E-state index contributed by atoms with van der Waals surface area (Å²) in [5.74, 6) is 1.55. The van der Waals surface area contributed by atoms with Crippen molar-refractivity contribution < 1.29 is 19.6 Å². The average molecular weight is 463 g/mol. The second kappa shape index (κ2) is 11.6. The Labute approximate surface area is 195 Å². The number of nitro groups is 1. The molecule has 2 aliphatic carbocycles. The number of carboxylic acid groups (broad SMARTS) is 1. The van der Waals surface area contributed by atoms with Crippen molar-refractivity contribution in [2.24, 2.45) is 23.7 Å². The van der Waals surface area contributed by atoms with Crippen molar-refractivity contribution in [3.63, 3.8) is 0 Å². The number of carbonyl (C=O) groups is 1. The van der Waals surface area contributed by atoms with Gasteiger partial charge in [0.15, 0.2) is 0 Å². The lowest BCUT2D eigenvalue weighted by atomic mass is 9.75. The summed E-state index contributed by atoms with van der Waals surface area (Å²) in [6.07, 6.45) is 6.45. The zero-order valence-corrected chi connectivity index (χ0v) is 20.0. The average Bonchev–Trinajstić information content (AvgIpc) is 2.77. The fraction of sp³-hybridized carbons (Fsp3) is 0.750. The van der Waals surface area contributed by atoms with Crippen LogP contribution in [0.1, 0.15) is 65.7 Å². The summed E-state index contributed by atoms with van der Waals surface area (Å²) in [6, 6.07) is 3.19. The molecule has 3 N–H and O–H groups in total. The molecule has 2 saturated carbocycles. The van der Waals surface area contributed by atoms with Gasteiger partial charge in [-0.05, 0) is 62.3 Å². The highest BCUT2D eigenvalue weighted by Gasteiger charge is 2.31. The van der Waals surface area contributed by atoms with Crippen LogP contribution in [0.15, 0.2) is 12.1 Å². The molecule has 3 unspecified atom stereocenters. The standard InChI is InChI=1S/C24H38N4O5/c1-15(2)19-9-4-16(3)14-21(19)33-13-12-25-23-20(28(31)32)10-11-22(27-23)26-18-7-5-17(6-8-18)24(29)30/h10-11,15-19,21H,4-9,12-14H2,1-3H3,(H,29,30)(H2,25,26,27). The maximum absolute atomic E-state index is 11.5. The minimum absolute atomic E-state index is 0.0681. The first-order valence-corrected chi connectivity index (χ1v) is 12.2. The smallest absolute Gasteiger partial charge is 0.311 e. The highest BCUT2D eigenvalue weighted by atomic mass is 16.6. The summed E-state index contributed by atoms with van der Waals surface area (Å²) in [6.45, 7) is 7.67. The highest BCUT2D eigenvalue weighted by molar-refractivity contribution is 5.70. The number of aliphatic carboxylic acids is 1. The molecule has 0 aromatic carbocycles. The van der Waals surface area contributed by atoms with Crippen LogP contribution in [-0.2, 0) is 9.53 Å². The molecule has 1 aromatic rings. The van der Waals surface area contributed by atoms with Crippen LogP contribution in [0.3, 0.4) is 0 Å². The van der Waals surface area contributed by atoms with Gasteiger partial charge in [0.05, 0.1) is 23.6 Å². The van der Waals surface area contributed by atoms with Crippen molar-refractivity contribution in [3.8, 4) is 0 Å². The molecule has 0 aliphatic heterocycles. The molecular weight excluding hydrogens is 424 g/mol. The van der Waals surface area contributed by atoms with Crippen LogP contribution in [-0.4, -0.2) is 46.3 Å². The van der Waals surface area contributed by atoms with Crippen LogP contribution < -0.4 is 10.6 Å². The number of aromatic nitrogens is 1. The van der Waals surface area contributed by atoms with Crippen molar-refractivity contribution in [2.45, 2.75) is 77.9 Å². The number of rotatable bonds is 10. The summed E-state index contributed by atoms with van der Waals surface area (Å²) in [7, 11) is 0. The van der Waals surface area contributed by atoms with E-state index in [0.29, 0.717) is 49.6 Å². The number of nitrogens with one attached hydrogen (secondary N) is 2. The molecule has 3 atom stereocenters. The first-order chi connectivity index (χ1) is 15.7. The van der Waals surface area contributed by atoms with E-state index in [-0.39, 0.29) is 29.6 Å². The van der Waals surface area contributed by atoms with Crippen LogP contribution in [0.2, 0.25) is 0 Å². The third-order valence-corrected chi connectivity index (χ3v) is 7.19. The van der Waals surface area contributed by atoms with E-state index >= 15 is 0 Å². The fourth-order valence-electron chi connectivity index (χ4n) is 5.19. The van der Waals surface area contributed by atoms with E-state index in [1.165, 1.54) is 18.9 Å². The van der Waals surface area contributed by atoms with Gasteiger partial charge in [-0.1, -0.05) is 27.2 Å². The second-order valence-corrected chi connectivity index (χ2v) is 10.0. The van der Waals surface area contributed by atoms with Crippen molar-refractivity contribution >= 4 is 23.3 Å². The largest absolute Gasteiger partial charge is 0.481 e. The van der Waals surface area contributed by atoms with Crippen LogP contribution in [0.25, 0.3) is 0 Å². The minimum atomic E-state index is -0.738. The molecule has 33 heavy (non-hydrogen) atoms. The number of ether oxygens (including phenoxy) is 1.